The summed E-state index contributed by atoms with van der Waals surface area (Å²) in [5.74, 6) is -1.79. The molecule has 0 bridgehead atoms. The van der Waals surface area contributed by atoms with E-state index in [1.807, 2.05) is 0 Å². The number of likely N-dealkylation sites (tertiary alicyclic amines) is 2. The van der Waals surface area contributed by atoms with Crippen LogP contribution in [0.2, 0.25) is 5.02 Å². The number of amides is 3. The Kier molecular flexibility index (Phi) is 12.6. The average molecular weight is 834 g/mol. The highest BCUT2D eigenvalue weighted by atomic mass is 35.5. The van der Waals surface area contributed by atoms with Crippen molar-refractivity contribution in [3.05, 3.63) is 64.2 Å². The lowest BCUT2D eigenvalue weighted by Crippen LogP contribution is -2.64. The molecule has 2 aliphatic heterocycles. The fourth-order valence-electron chi connectivity index (χ4n) is 9.69. The standard InChI is InChI=1S/C21H26ClFN2O3.C21H26F3N3O3/c22-16-5-15(6-17(23)7-16)20(27)24-10-14-8-21(9-14)12-25(13-21)11-19(26)28-18-3-1-2-4-18;1-20(2-3-20)26-17(28)10-27-11-21(12-27)7-13(8-21)9-25-18(29)14-4-15(22)6-16(5-14)30-19(23)24/h5-7,14,18H,1-4,8-13H2,(H,24,27);4-6,13,19H,2-3,7-12H2,1H3,(H,25,29)(H,26,28). The number of alkyl halides is 2. The van der Waals surface area contributed by atoms with Gasteiger partial charge in [0.1, 0.15) is 23.5 Å². The van der Waals surface area contributed by atoms with Gasteiger partial charge in [0.15, 0.2) is 0 Å². The largest absolute Gasteiger partial charge is 0.461 e. The number of hydrogen-bond acceptors (Lipinski definition) is 8. The highest BCUT2D eigenvalue weighted by Crippen LogP contribution is 2.52. The van der Waals surface area contributed by atoms with Crippen LogP contribution in [-0.4, -0.2) is 104 Å². The first-order valence-corrected chi connectivity index (χ1v) is 20.7. The normalized spacial score (nSPS) is 21.8. The topological polar surface area (TPSA) is 129 Å². The number of ether oxygens (including phenoxy) is 2. The van der Waals surface area contributed by atoms with Crippen molar-refractivity contribution in [3.63, 3.8) is 0 Å². The zero-order valence-electron chi connectivity index (χ0n) is 32.7. The van der Waals surface area contributed by atoms with E-state index in [-0.39, 0.29) is 56.7 Å². The summed E-state index contributed by atoms with van der Waals surface area (Å²) in [5.41, 5.74) is 0.731. The van der Waals surface area contributed by atoms with E-state index in [9.17, 15) is 36.7 Å². The minimum Gasteiger partial charge on any atom is -0.461 e. The van der Waals surface area contributed by atoms with Crippen molar-refractivity contribution < 1.29 is 46.2 Å². The van der Waals surface area contributed by atoms with Gasteiger partial charge in [0.2, 0.25) is 5.91 Å². The Labute approximate surface area is 340 Å². The number of rotatable bonds is 14. The summed E-state index contributed by atoms with van der Waals surface area (Å²) in [6.07, 6.45) is 10.6. The van der Waals surface area contributed by atoms with E-state index in [1.54, 1.807) is 0 Å². The summed E-state index contributed by atoms with van der Waals surface area (Å²) in [4.78, 5) is 52.7. The highest BCUT2D eigenvalue weighted by Gasteiger charge is 2.53. The monoisotopic (exact) mass is 833 g/mol. The molecule has 2 aromatic rings. The van der Waals surface area contributed by atoms with Gasteiger partial charge in [0, 0.05) is 67.0 Å². The molecule has 16 heteroatoms. The Balaban J connectivity index is 0.000000177. The lowest BCUT2D eigenvalue weighted by Gasteiger charge is -2.59. The number of halogens is 5. The molecule has 0 atom stereocenters. The third-order valence-corrected chi connectivity index (χ3v) is 12.7. The fourth-order valence-corrected chi connectivity index (χ4v) is 9.92. The molecule has 6 fully saturated rings. The fraction of sp³-hybridized carbons (Fsp3) is 0.619. The zero-order chi connectivity index (χ0) is 41.2. The van der Waals surface area contributed by atoms with E-state index in [1.165, 1.54) is 18.2 Å². The maximum absolute atomic E-state index is 13.6. The Morgan fingerprint density at radius 2 is 1.29 bits per heavy atom. The van der Waals surface area contributed by atoms with Crippen LogP contribution in [0.5, 0.6) is 5.75 Å². The maximum atomic E-state index is 13.6. The first-order chi connectivity index (χ1) is 27.5. The predicted octanol–water partition coefficient (Wildman–Crippen LogP) is 5.94. The number of nitrogens with one attached hydrogen (secondary N) is 3. The Morgan fingerprint density at radius 3 is 1.81 bits per heavy atom. The number of carbonyl (C=O) groups is 4. The first-order valence-electron chi connectivity index (χ1n) is 20.3. The molecule has 316 valence electrons. The molecule has 0 radical (unpaired) electrons. The molecule has 0 unspecified atom stereocenters. The SMILES string of the molecule is CC1(NC(=O)CN2CC3(CC(CNC(=O)c4cc(F)cc(OC(F)F)c4)C3)C2)CC1.O=C(CN1CC2(CC(CNC(=O)c3cc(F)cc(Cl)c3)C2)C1)OC1CCCC1. The van der Waals surface area contributed by atoms with Crippen LogP contribution < -0.4 is 20.7 Å². The van der Waals surface area contributed by atoms with Crippen LogP contribution in [0, 0.1) is 34.3 Å². The first kappa shape index (κ1) is 42.2. The summed E-state index contributed by atoms with van der Waals surface area (Å²) < 4.78 is 61.2. The van der Waals surface area contributed by atoms with Gasteiger partial charge in [-0.3, -0.25) is 29.0 Å². The van der Waals surface area contributed by atoms with E-state index in [0.717, 1.165) is 109 Å². The van der Waals surface area contributed by atoms with Crippen molar-refractivity contribution >= 4 is 35.3 Å². The third-order valence-electron chi connectivity index (χ3n) is 12.5. The second-order valence-electron chi connectivity index (χ2n) is 18.0. The molecule has 4 aliphatic carbocycles. The highest BCUT2D eigenvalue weighted by molar-refractivity contribution is 6.31. The average Bonchev–Trinajstić information content (AvgIpc) is 3.57. The quantitative estimate of drug-likeness (QED) is 0.158. The van der Waals surface area contributed by atoms with Gasteiger partial charge < -0.3 is 25.4 Å². The summed E-state index contributed by atoms with van der Waals surface area (Å²) in [5, 5.41) is 8.90. The Bertz CT molecular complexity index is 1830. The minimum absolute atomic E-state index is 0.00736. The molecular weight excluding hydrogens is 782 g/mol. The zero-order valence-corrected chi connectivity index (χ0v) is 33.5. The van der Waals surface area contributed by atoms with E-state index < -0.39 is 24.2 Å². The van der Waals surface area contributed by atoms with Crippen LogP contribution in [-0.2, 0) is 14.3 Å². The molecule has 2 saturated heterocycles. The smallest absolute Gasteiger partial charge is 0.387 e. The van der Waals surface area contributed by atoms with Crippen molar-refractivity contribution in [2.24, 2.45) is 22.7 Å². The van der Waals surface area contributed by atoms with Crippen molar-refractivity contribution in [2.75, 3.05) is 52.4 Å². The Morgan fingerprint density at radius 1 is 0.776 bits per heavy atom. The van der Waals surface area contributed by atoms with Gasteiger partial charge in [-0.25, -0.2) is 8.78 Å². The molecule has 6 aliphatic rings. The molecule has 2 spiro atoms. The molecule has 11 nitrogen and oxygen atoms in total. The number of nitrogens with zero attached hydrogens (tertiary/aromatic N) is 2. The second kappa shape index (κ2) is 17.3. The van der Waals surface area contributed by atoms with Crippen molar-refractivity contribution in [1.29, 1.82) is 0 Å². The third kappa shape index (κ3) is 11.0. The number of esters is 1. The van der Waals surface area contributed by atoms with Gasteiger partial charge in [-0.15, -0.1) is 0 Å². The molecule has 4 saturated carbocycles. The van der Waals surface area contributed by atoms with Crippen molar-refractivity contribution in [2.45, 2.75) is 89.4 Å². The molecule has 2 heterocycles. The molecular formula is C42H52ClF4N5O6. The maximum Gasteiger partial charge on any atom is 0.387 e. The van der Waals surface area contributed by atoms with E-state index in [2.05, 4.69) is 37.4 Å². The van der Waals surface area contributed by atoms with Crippen LogP contribution in [0.3, 0.4) is 0 Å². The van der Waals surface area contributed by atoms with Crippen molar-refractivity contribution in [1.82, 2.24) is 25.8 Å². The molecule has 3 amide bonds. The molecule has 2 aromatic carbocycles. The van der Waals surface area contributed by atoms with Crippen LogP contribution in [0.4, 0.5) is 17.6 Å². The van der Waals surface area contributed by atoms with Crippen LogP contribution in [0.1, 0.15) is 91.8 Å². The van der Waals surface area contributed by atoms with Gasteiger partial charge in [-0.05, 0) is 124 Å². The van der Waals surface area contributed by atoms with Gasteiger partial charge in [-0.2, -0.15) is 8.78 Å². The second-order valence-corrected chi connectivity index (χ2v) is 18.4. The number of benzene rings is 2. The predicted molar refractivity (Wildman–Crippen MR) is 206 cm³/mol. The molecule has 58 heavy (non-hydrogen) atoms. The lowest BCUT2D eigenvalue weighted by molar-refractivity contribution is -0.158. The van der Waals surface area contributed by atoms with E-state index in [0.29, 0.717) is 43.4 Å². The van der Waals surface area contributed by atoms with Gasteiger partial charge in [0.25, 0.3) is 11.8 Å². The Hall–Kier alpha value is -3.95. The molecule has 3 N–H and O–H groups in total. The number of hydrogen-bond donors (Lipinski definition) is 3. The minimum atomic E-state index is -3.08. The van der Waals surface area contributed by atoms with Crippen molar-refractivity contribution in [3.8, 4) is 5.75 Å². The molecule has 0 aromatic heterocycles. The summed E-state index contributed by atoms with van der Waals surface area (Å²) in [6.45, 7) is 4.45. The van der Waals surface area contributed by atoms with Gasteiger partial charge in [0.05, 0.1) is 13.1 Å². The summed E-state index contributed by atoms with van der Waals surface area (Å²) in [6, 6.07) is 6.75. The number of carbonyl (C=O) groups excluding carboxylic acids is 4. The van der Waals surface area contributed by atoms with Crippen LogP contribution in [0.25, 0.3) is 0 Å². The summed E-state index contributed by atoms with van der Waals surface area (Å²) in [7, 11) is 0. The molecule has 8 rings (SSSR count). The lowest BCUT2D eigenvalue weighted by atomic mass is 9.57. The van der Waals surface area contributed by atoms with E-state index in [4.69, 9.17) is 16.3 Å². The van der Waals surface area contributed by atoms with E-state index >= 15 is 0 Å². The van der Waals surface area contributed by atoms with Crippen LogP contribution in [0.15, 0.2) is 36.4 Å². The van der Waals surface area contributed by atoms with Gasteiger partial charge in [-0.1, -0.05) is 11.6 Å². The van der Waals surface area contributed by atoms with Crippen LogP contribution >= 0.6 is 11.6 Å². The van der Waals surface area contributed by atoms with Gasteiger partial charge >= 0.3 is 12.6 Å². The summed E-state index contributed by atoms with van der Waals surface area (Å²) >= 11 is 5.80.